The highest BCUT2D eigenvalue weighted by atomic mass is 35.5. The Bertz CT molecular complexity index is 1990. The smallest absolute Gasteiger partial charge is 0.348 e. The molecule has 0 saturated heterocycles. The van der Waals surface area contributed by atoms with E-state index >= 15 is 0 Å². The van der Waals surface area contributed by atoms with Crippen LogP contribution in [0.5, 0.6) is 0 Å². The number of benzene rings is 3. The highest BCUT2D eigenvalue weighted by Gasteiger charge is 2.32. The molecule has 2 aromatic heterocycles. The molecule has 0 fully saturated rings. The minimum Gasteiger partial charge on any atom is -0.348 e. The molecule has 2 heterocycles. The fourth-order valence-corrected chi connectivity index (χ4v) is 5.11. The molecular formula is C30H18ClF5N6O2. The van der Waals surface area contributed by atoms with E-state index in [1.54, 1.807) is 25.1 Å². The molecule has 3 aromatic carbocycles. The lowest BCUT2D eigenvalue weighted by atomic mass is 9.89. The molecule has 14 heteroatoms. The first-order valence-corrected chi connectivity index (χ1v) is 13.0. The minimum atomic E-state index is -4.93. The van der Waals surface area contributed by atoms with Crippen molar-refractivity contribution >= 4 is 35.3 Å². The summed E-state index contributed by atoms with van der Waals surface area (Å²) in [6.45, 7) is 1.60. The van der Waals surface area contributed by atoms with Gasteiger partial charge in [-0.05, 0) is 72.6 Å². The van der Waals surface area contributed by atoms with Crippen LogP contribution in [0.2, 0.25) is 5.02 Å². The van der Waals surface area contributed by atoms with Crippen molar-refractivity contribution in [2.24, 2.45) is 0 Å². The van der Waals surface area contributed by atoms with Crippen molar-refractivity contribution in [1.82, 2.24) is 19.9 Å². The van der Waals surface area contributed by atoms with Gasteiger partial charge in [0.1, 0.15) is 24.0 Å². The third kappa shape index (κ3) is 5.80. The van der Waals surface area contributed by atoms with Crippen LogP contribution >= 0.6 is 11.6 Å². The van der Waals surface area contributed by atoms with Crippen molar-refractivity contribution in [2.45, 2.75) is 19.1 Å². The molecule has 44 heavy (non-hydrogen) atoms. The monoisotopic (exact) mass is 624 g/mol. The number of pyridine rings is 1. The fraction of sp³-hybridized carbons (Fsp3) is 0.100. The molecule has 5 rings (SSSR count). The number of nitriles is 1. The molecule has 5 aromatic rings. The summed E-state index contributed by atoms with van der Waals surface area (Å²) in [7, 11) is 0. The van der Waals surface area contributed by atoms with E-state index in [0.29, 0.717) is 40.9 Å². The van der Waals surface area contributed by atoms with Gasteiger partial charge in [-0.1, -0.05) is 17.7 Å². The zero-order chi connectivity index (χ0) is 31.8. The summed E-state index contributed by atoms with van der Waals surface area (Å²) < 4.78 is 69.9. The number of fused-ring (bicyclic) bond motifs is 1. The third-order valence-electron chi connectivity index (χ3n) is 6.77. The first kappa shape index (κ1) is 30.1. The number of aromatic nitrogens is 3. The van der Waals surface area contributed by atoms with Crippen molar-refractivity contribution < 1.29 is 31.5 Å². The van der Waals surface area contributed by atoms with E-state index in [1.165, 1.54) is 23.0 Å². The summed E-state index contributed by atoms with van der Waals surface area (Å²) in [5.41, 5.74) is -0.191. The highest BCUT2D eigenvalue weighted by molar-refractivity contribution is 6.31. The van der Waals surface area contributed by atoms with E-state index < -0.39 is 40.9 Å². The van der Waals surface area contributed by atoms with Crippen LogP contribution in [0.1, 0.15) is 44.3 Å². The summed E-state index contributed by atoms with van der Waals surface area (Å²) in [5, 5.41) is 19.1. The van der Waals surface area contributed by atoms with Crippen molar-refractivity contribution in [1.29, 1.82) is 5.26 Å². The summed E-state index contributed by atoms with van der Waals surface area (Å²) in [6, 6.07) is 12.0. The second-order valence-electron chi connectivity index (χ2n) is 9.56. The molecule has 0 radical (unpaired) electrons. The van der Waals surface area contributed by atoms with Crippen LogP contribution in [0, 0.1) is 29.9 Å². The van der Waals surface area contributed by atoms with Crippen LogP contribution in [0.3, 0.4) is 0 Å². The number of hydrogen-bond donors (Lipinski definition) is 2. The van der Waals surface area contributed by atoms with Gasteiger partial charge >= 0.3 is 6.18 Å². The summed E-state index contributed by atoms with van der Waals surface area (Å²) in [4.78, 5) is 29.1. The van der Waals surface area contributed by atoms with Crippen LogP contribution in [-0.4, -0.2) is 26.9 Å². The standard InChI is InChI=1S/C30H18ClF5N6O2/c1-15-6-16(21-3-5-26-38-13-40-42(26)25(21)12-37)9-24(27(15)28(39-14-43)22-11-19(32)2-4-23(22)31)41-29(44)17-7-18(30(34,35)36)10-20(33)8-17/h2-11,13-14,28H,1H3,(H,39,43)(H,41,44)/t28-/m0/s1. The van der Waals surface area contributed by atoms with Crippen LogP contribution < -0.4 is 10.6 Å². The van der Waals surface area contributed by atoms with Gasteiger partial charge in [0.05, 0.1) is 11.6 Å². The second-order valence-corrected chi connectivity index (χ2v) is 9.96. The van der Waals surface area contributed by atoms with Crippen LogP contribution in [0.4, 0.5) is 27.6 Å². The number of nitrogens with zero attached hydrogens (tertiary/aromatic N) is 4. The first-order chi connectivity index (χ1) is 20.9. The van der Waals surface area contributed by atoms with E-state index in [-0.39, 0.29) is 33.6 Å². The van der Waals surface area contributed by atoms with Gasteiger partial charge in [0.2, 0.25) is 6.41 Å². The Balaban J connectivity index is 1.73. The number of anilines is 1. The first-order valence-electron chi connectivity index (χ1n) is 12.6. The van der Waals surface area contributed by atoms with Gasteiger partial charge < -0.3 is 10.6 Å². The molecule has 222 valence electrons. The molecule has 0 unspecified atom stereocenters. The largest absolute Gasteiger partial charge is 0.416 e. The molecule has 0 aliphatic rings. The minimum absolute atomic E-state index is 0.0509. The maximum atomic E-state index is 14.3. The topological polar surface area (TPSA) is 112 Å². The molecule has 8 nitrogen and oxygen atoms in total. The van der Waals surface area contributed by atoms with Crippen molar-refractivity contribution in [3.8, 4) is 17.2 Å². The van der Waals surface area contributed by atoms with Crippen LogP contribution in [0.25, 0.3) is 16.8 Å². The zero-order valence-corrected chi connectivity index (χ0v) is 23.1. The fourth-order valence-electron chi connectivity index (χ4n) is 4.88. The lowest BCUT2D eigenvalue weighted by Gasteiger charge is -2.25. The number of rotatable bonds is 7. The predicted octanol–water partition coefficient (Wildman–Crippen LogP) is 6.61. The number of halogens is 6. The summed E-state index contributed by atoms with van der Waals surface area (Å²) in [5.74, 6) is -3.08. The van der Waals surface area contributed by atoms with E-state index in [9.17, 15) is 36.8 Å². The van der Waals surface area contributed by atoms with E-state index in [2.05, 4.69) is 26.8 Å². The molecule has 2 N–H and O–H groups in total. The maximum Gasteiger partial charge on any atom is 0.416 e. The quantitative estimate of drug-likeness (QED) is 0.156. The SMILES string of the molecule is Cc1cc(-c2ccc3ncnn3c2C#N)cc(NC(=O)c2cc(F)cc(C(F)(F)F)c2)c1[C@@H](NC=O)c1cc(F)ccc1Cl. The number of carbonyl (C=O) groups is 2. The molecular weight excluding hydrogens is 607 g/mol. The molecule has 2 amide bonds. The van der Waals surface area contributed by atoms with Gasteiger partial charge in [-0.15, -0.1) is 0 Å². The number of hydrogen-bond acceptors (Lipinski definition) is 5. The van der Waals surface area contributed by atoms with Gasteiger partial charge in [-0.2, -0.15) is 23.5 Å². The van der Waals surface area contributed by atoms with Crippen LogP contribution in [-0.2, 0) is 11.0 Å². The Labute approximate surface area is 250 Å². The zero-order valence-electron chi connectivity index (χ0n) is 22.4. The Morgan fingerprint density at radius 2 is 1.84 bits per heavy atom. The average molecular weight is 625 g/mol. The summed E-state index contributed by atoms with van der Waals surface area (Å²) >= 11 is 6.36. The number of aryl methyl sites for hydroxylation is 1. The average Bonchev–Trinajstić information content (AvgIpc) is 3.45. The van der Waals surface area contributed by atoms with Crippen molar-refractivity contribution in [3.05, 3.63) is 117 Å². The predicted molar refractivity (Wildman–Crippen MR) is 150 cm³/mol. The van der Waals surface area contributed by atoms with Gasteiger partial charge in [-0.3, -0.25) is 9.59 Å². The molecule has 0 saturated carbocycles. The van der Waals surface area contributed by atoms with E-state index in [0.717, 1.165) is 12.1 Å². The van der Waals surface area contributed by atoms with Gasteiger partial charge in [0.15, 0.2) is 11.3 Å². The van der Waals surface area contributed by atoms with E-state index in [4.69, 9.17) is 11.6 Å². The summed E-state index contributed by atoms with van der Waals surface area (Å²) in [6.07, 6.45) is -3.34. The van der Waals surface area contributed by atoms with Gasteiger partial charge in [-0.25, -0.2) is 18.3 Å². The molecule has 1 atom stereocenters. The number of amides is 2. The Morgan fingerprint density at radius 3 is 2.55 bits per heavy atom. The number of alkyl halides is 3. The number of nitrogens with one attached hydrogen (secondary N) is 2. The molecule has 0 aliphatic carbocycles. The Morgan fingerprint density at radius 1 is 1.07 bits per heavy atom. The highest BCUT2D eigenvalue weighted by Crippen LogP contribution is 2.39. The second kappa shape index (κ2) is 11.7. The van der Waals surface area contributed by atoms with Crippen molar-refractivity contribution in [3.63, 3.8) is 0 Å². The Hall–Kier alpha value is -5.35. The number of carbonyl (C=O) groups excluding carboxylic acids is 2. The lowest BCUT2D eigenvalue weighted by Crippen LogP contribution is -2.25. The normalized spacial score (nSPS) is 12.0. The third-order valence-corrected chi connectivity index (χ3v) is 7.12. The maximum absolute atomic E-state index is 14.3. The molecule has 0 aliphatic heterocycles. The molecule has 0 spiro atoms. The van der Waals surface area contributed by atoms with Gasteiger partial charge in [0, 0.05) is 33.0 Å². The van der Waals surface area contributed by atoms with E-state index in [1.807, 2.05) is 0 Å². The van der Waals surface area contributed by atoms with Crippen LogP contribution in [0.15, 0.2) is 67.0 Å². The molecule has 0 bridgehead atoms. The van der Waals surface area contributed by atoms with Crippen molar-refractivity contribution in [2.75, 3.05) is 5.32 Å². The lowest BCUT2D eigenvalue weighted by molar-refractivity contribution is -0.137. The Kier molecular flexibility index (Phi) is 8.03. The van der Waals surface area contributed by atoms with Gasteiger partial charge in [0.25, 0.3) is 5.91 Å².